The van der Waals surface area contributed by atoms with Gasteiger partial charge in [0.15, 0.2) is 12.6 Å². The summed E-state index contributed by atoms with van der Waals surface area (Å²) in [5.41, 5.74) is 3.48. The molecular formula is C28H35FN3O4+. The number of nitrogens with zero attached hydrogens (tertiary/aromatic N) is 1. The molecule has 1 aromatic rings. The summed E-state index contributed by atoms with van der Waals surface area (Å²) in [6, 6.07) is 4.64. The predicted octanol–water partition coefficient (Wildman–Crippen LogP) is 3.51. The molecule has 0 spiro atoms. The molecule has 1 amide bonds. The van der Waals surface area contributed by atoms with Gasteiger partial charge in [0.2, 0.25) is 0 Å². The van der Waals surface area contributed by atoms with Crippen molar-refractivity contribution in [2.75, 3.05) is 20.2 Å². The van der Waals surface area contributed by atoms with Gasteiger partial charge < -0.3 is 20.5 Å². The summed E-state index contributed by atoms with van der Waals surface area (Å²) in [6.45, 7) is 5.31. The van der Waals surface area contributed by atoms with Gasteiger partial charge in [0, 0.05) is 35.5 Å². The van der Waals surface area contributed by atoms with Crippen molar-refractivity contribution in [1.82, 2.24) is 10.6 Å². The minimum absolute atomic E-state index is 0.0101. The van der Waals surface area contributed by atoms with Crippen LogP contribution in [0.4, 0.5) is 4.39 Å². The Labute approximate surface area is 211 Å². The topological polar surface area (TPSA) is 90.7 Å². The summed E-state index contributed by atoms with van der Waals surface area (Å²) in [5, 5.41) is 15.7. The standard InChI is InChI=1S/C28H34FN3O4/c1-4-24(27(33)31-22-8-6-19(7-9-22)28(34)35)26-17(2)15-32(26)16-18-5-10-25(30-14-18)20-11-21(29)13-23(12-20)36-3/h4-5,10-13,15,17,19,22,26,30H,6-9,14,16H2,1-3H3,(H-,31,33,34,35)/p+1/b24-4+. The van der Waals surface area contributed by atoms with Gasteiger partial charge in [-0.2, -0.15) is 0 Å². The van der Waals surface area contributed by atoms with E-state index in [9.17, 15) is 19.1 Å². The smallest absolute Gasteiger partial charge is 0.306 e. The predicted molar refractivity (Wildman–Crippen MR) is 136 cm³/mol. The van der Waals surface area contributed by atoms with Crippen LogP contribution < -0.4 is 15.4 Å². The first-order valence-corrected chi connectivity index (χ1v) is 12.6. The molecule has 1 aliphatic carbocycles. The Kier molecular flexibility index (Phi) is 7.91. The molecule has 2 atom stereocenters. The van der Waals surface area contributed by atoms with Gasteiger partial charge in [0.1, 0.15) is 17.8 Å². The van der Waals surface area contributed by atoms with Crippen molar-refractivity contribution in [1.29, 1.82) is 0 Å². The molecule has 3 aliphatic rings. The number of dihydropyridines is 1. The third-order valence-electron chi connectivity index (χ3n) is 7.38. The van der Waals surface area contributed by atoms with Gasteiger partial charge >= 0.3 is 5.97 Å². The molecule has 0 radical (unpaired) electrons. The van der Waals surface area contributed by atoms with Gasteiger partial charge in [0.05, 0.1) is 24.5 Å². The summed E-state index contributed by atoms with van der Waals surface area (Å²) >= 11 is 0. The number of benzene rings is 1. The maximum absolute atomic E-state index is 13.9. The lowest BCUT2D eigenvalue weighted by Gasteiger charge is -2.32. The van der Waals surface area contributed by atoms with Crippen molar-refractivity contribution in [2.45, 2.75) is 51.6 Å². The molecule has 0 saturated heterocycles. The van der Waals surface area contributed by atoms with E-state index in [2.05, 4.69) is 28.3 Å². The van der Waals surface area contributed by atoms with E-state index in [4.69, 9.17) is 4.74 Å². The zero-order valence-corrected chi connectivity index (χ0v) is 21.1. The second-order valence-corrected chi connectivity index (χ2v) is 9.87. The molecule has 4 rings (SSSR count). The van der Waals surface area contributed by atoms with Crippen LogP contribution in [-0.2, 0) is 9.59 Å². The Morgan fingerprint density at radius 1 is 1.22 bits per heavy atom. The highest BCUT2D eigenvalue weighted by Crippen LogP contribution is 2.28. The highest BCUT2D eigenvalue weighted by atomic mass is 19.1. The average Bonchev–Trinajstić information content (AvgIpc) is 2.87. The fourth-order valence-corrected chi connectivity index (χ4v) is 5.38. The van der Waals surface area contributed by atoms with Crippen LogP contribution in [0.3, 0.4) is 0 Å². The molecule has 0 aromatic heterocycles. The minimum atomic E-state index is -0.743. The van der Waals surface area contributed by atoms with Crippen LogP contribution >= 0.6 is 0 Å². The molecule has 2 unspecified atom stereocenters. The summed E-state index contributed by atoms with van der Waals surface area (Å²) in [4.78, 5) is 24.3. The molecule has 2 aliphatic heterocycles. The number of methoxy groups -OCH3 is 1. The van der Waals surface area contributed by atoms with Crippen molar-refractivity contribution >= 4 is 23.8 Å². The number of hydrogen-bond donors (Lipinski definition) is 3. The van der Waals surface area contributed by atoms with Crippen molar-refractivity contribution in [2.24, 2.45) is 11.8 Å². The van der Waals surface area contributed by atoms with Crippen LogP contribution in [0.5, 0.6) is 5.75 Å². The molecular weight excluding hydrogens is 461 g/mol. The van der Waals surface area contributed by atoms with E-state index in [0.29, 0.717) is 44.5 Å². The van der Waals surface area contributed by atoms with Crippen molar-refractivity contribution in [3.63, 3.8) is 0 Å². The third-order valence-corrected chi connectivity index (χ3v) is 7.38. The molecule has 1 saturated carbocycles. The molecule has 192 valence electrons. The lowest BCUT2D eigenvalue weighted by molar-refractivity contribution is -0.579. The first-order valence-electron chi connectivity index (χ1n) is 12.6. The number of aliphatic carboxylic acids is 1. The summed E-state index contributed by atoms with van der Waals surface area (Å²) in [6.07, 6.45) is 10.6. The van der Waals surface area contributed by atoms with Gasteiger partial charge in [-0.3, -0.25) is 9.59 Å². The SMILES string of the molecule is C/C=C(/C(=O)NC1CCC(C(=O)O)CC1)C1C(C)C=[N+]1CC1=CC=C(c2cc(F)cc(OC)c2)NC1. The average molecular weight is 497 g/mol. The van der Waals surface area contributed by atoms with E-state index in [-0.39, 0.29) is 35.6 Å². The third kappa shape index (κ3) is 5.69. The Morgan fingerprint density at radius 2 is 1.97 bits per heavy atom. The quantitative estimate of drug-likeness (QED) is 0.379. The molecule has 1 aromatic carbocycles. The molecule has 8 heteroatoms. The zero-order chi connectivity index (χ0) is 25.8. The van der Waals surface area contributed by atoms with Crippen LogP contribution in [0.2, 0.25) is 0 Å². The molecule has 1 fully saturated rings. The number of carbonyl (C=O) groups excluding carboxylic acids is 1. The number of carbonyl (C=O) groups is 2. The van der Waals surface area contributed by atoms with Gasteiger partial charge in [-0.05, 0) is 57.7 Å². The normalized spacial score (nSPS) is 26.0. The van der Waals surface area contributed by atoms with Gasteiger partial charge in [0.25, 0.3) is 5.91 Å². The van der Waals surface area contributed by atoms with Crippen LogP contribution in [-0.4, -0.2) is 60.1 Å². The number of ether oxygens (including phenoxy) is 1. The Morgan fingerprint density at radius 3 is 2.56 bits per heavy atom. The number of amides is 1. The number of nitrogens with one attached hydrogen (secondary N) is 2. The maximum Gasteiger partial charge on any atom is 0.306 e. The lowest BCUT2D eigenvalue weighted by atomic mass is 9.85. The zero-order valence-electron chi connectivity index (χ0n) is 21.1. The minimum Gasteiger partial charge on any atom is -0.497 e. The number of allylic oxidation sites excluding steroid dienone is 3. The number of halogens is 1. The molecule has 2 heterocycles. The van der Waals surface area contributed by atoms with Crippen LogP contribution in [0, 0.1) is 17.7 Å². The van der Waals surface area contributed by atoms with Crippen molar-refractivity contribution in [3.8, 4) is 5.75 Å². The Balaban J connectivity index is 1.38. The second kappa shape index (κ2) is 11.1. The second-order valence-electron chi connectivity index (χ2n) is 9.87. The molecule has 7 nitrogen and oxygen atoms in total. The van der Waals surface area contributed by atoms with E-state index in [1.165, 1.54) is 19.2 Å². The first kappa shape index (κ1) is 25.7. The molecule has 3 N–H and O–H groups in total. The van der Waals surface area contributed by atoms with Crippen molar-refractivity contribution < 1.29 is 28.4 Å². The highest BCUT2D eigenvalue weighted by Gasteiger charge is 2.43. The van der Waals surface area contributed by atoms with Crippen molar-refractivity contribution in [3.05, 3.63) is 59.0 Å². The number of rotatable bonds is 8. The fourth-order valence-electron chi connectivity index (χ4n) is 5.38. The van der Waals surface area contributed by atoms with Crippen LogP contribution in [0.1, 0.15) is 45.1 Å². The lowest BCUT2D eigenvalue weighted by Crippen LogP contribution is -2.51. The Bertz CT molecular complexity index is 1150. The van der Waals surface area contributed by atoms with Gasteiger partial charge in [-0.25, -0.2) is 8.97 Å². The van der Waals surface area contributed by atoms with Gasteiger partial charge in [-0.15, -0.1) is 0 Å². The summed E-state index contributed by atoms with van der Waals surface area (Å²) in [5.74, 6) is -0.738. The maximum atomic E-state index is 13.9. The molecule has 36 heavy (non-hydrogen) atoms. The molecule has 0 bridgehead atoms. The first-order chi connectivity index (χ1) is 17.3. The Hall–Kier alpha value is -3.42. The highest BCUT2D eigenvalue weighted by molar-refractivity contribution is 5.95. The largest absolute Gasteiger partial charge is 0.497 e. The number of carboxylic acid groups (broad SMARTS) is 1. The van der Waals surface area contributed by atoms with E-state index in [0.717, 1.165) is 22.4 Å². The van der Waals surface area contributed by atoms with E-state index in [1.54, 1.807) is 6.07 Å². The van der Waals surface area contributed by atoms with E-state index < -0.39 is 5.97 Å². The number of carboxylic acids is 1. The fraction of sp³-hybridized carbons (Fsp3) is 0.464. The monoisotopic (exact) mass is 496 g/mol. The van der Waals surface area contributed by atoms with Crippen LogP contribution in [0.25, 0.3) is 5.70 Å². The van der Waals surface area contributed by atoms with E-state index >= 15 is 0 Å². The number of hydrogen-bond acceptors (Lipinski definition) is 4. The summed E-state index contributed by atoms with van der Waals surface area (Å²) in [7, 11) is 1.52. The van der Waals surface area contributed by atoms with Crippen LogP contribution in [0.15, 0.2) is 47.6 Å². The van der Waals surface area contributed by atoms with Gasteiger partial charge in [-0.1, -0.05) is 12.2 Å². The summed E-state index contributed by atoms with van der Waals surface area (Å²) < 4.78 is 21.3. The van der Waals surface area contributed by atoms with E-state index in [1.807, 2.05) is 25.2 Å².